The van der Waals surface area contributed by atoms with E-state index in [4.69, 9.17) is 9.47 Å². The van der Waals surface area contributed by atoms with Crippen LogP contribution in [0.15, 0.2) is 35.6 Å². The van der Waals surface area contributed by atoms with Crippen molar-refractivity contribution in [2.45, 2.75) is 62.9 Å². The second-order valence-electron chi connectivity index (χ2n) is 8.85. The predicted octanol–water partition coefficient (Wildman–Crippen LogP) is 3.82. The minimum Gasteiger partial charge on any atom is -0.491 e. The van der Waals surface area contributed by atoms with E-state index in [1.807, 2.05) is 4.90 Å². The van der Waals surface area contributed by atoms with Crippen LogP contribution in [0.1, 0.15) is 55.2 Å². The zero-order valence-electron chi connectivity index (χ0n) is 16.3. The van der Waals surface area contributed by atoms with Gasteiger partial charge in [0.25, 0.3) is 0 Å². The molecular formula is C24H27NO3. The molecule has 2 atom stereocenters. The fourth-order valence-electron chi connectivity index (χ4n) is 5.82. The number of carbonyl (C=O) groups excluding carboxylic acids is 1. The number of rotatable bonds is 2. The Morgan fingerprint density at radius 2 is 1.89 bits per heavy atom. The number of amides is 1. The van der Waals surface area contributed by atoms with Gasteiger partial charge in [-0.2, -0.15) is 0 Å². The molecule has 4 nitrogen and oxygen atoms in total. The van der Waals surface area contributed by atoms with Gasteiger partial charge in [-0.15, -0.1) is 0 Å². The summed E-state index contributed by atoms with van der Waals surface area (Å²) in [7, 11) is 0. The van der Waals surface area contributed by atoms with E-state index in [9.17, 15) is 4.79 Å². The van der Waals surface area contributed by atoms with Crippen LogP contribution in [0.2, 0.25) is 0 Å². The van der Waals surface area contributed by atoms with Crippen LogP contribution >= 0.6 is 0 Å². The van der Waals surface area contributed by atoms with Crippen molar-refractivity contribution in [3.05, 3.63) is 52.2 Å². The molecule has 3 heterocycles. The fourth-order valence-corrected chi connectivity index (χ4v) is 5.82. The van der Waals surface area contributed by atoms with Gasteiger partial charge in [0.15, 0.2) is 0 Å². The topological polar surface area (TPSA) is 38.8 Å². The molecule has 0 radical (unpaired) electrons. The standard InChI is InChI=1S/C24H27NO3/c26-23-24(15-28-22-13-17-7-2-1-6-16(17)12-20(22)24)19-9-3-4-10-21(19)25(23)14-18-8-5-11-27-18/h9-10,12-13,18H,1-8,11,14-15H2/t18-,24?/m1/s1. The van der Waals surface area contributed by atoms with Gasteiger partial charge in [0.1, 0.15) is 17.8 Å². The Balaban J connectivity index is 1.46. The Hall–Kier alpha value is -2.07. The predicted molar refractivity (Wildman–Crippen MR) is 106 cm³/mol. The van der Waals surface area contributed by atoms with Gasteiger partial charge in [0, 0.05) is 17.9 Å². The van der Waals surface area contributed by atoms with Crippen molar-refractivity contribution in [1.29, 1.82) is 0 Å². The van der Waals surface area contributed by atoms with Crippen molar-refractivity contribution < 1.29 is 14.3 Å². The highest BCUT2D eigenvalue weighted by Gasteiger charge is 2.59. The van der Waals surface area contributed by atoms with E-state index in [1.165, 1.54) is 29.5 Å². The summed E-state index contributed by atoms with van der Waals surface area (Å²) in [6, 6.07) is 4.53. The molecule has 3 aliphatic heterocycles. The smallest absolute Gasteiger partial charge is 0.245 e. The Kier molecular flexibility index (Phi) is 3.74. The summed E-state index contributed by atoms with van der Waals surface area (Å²) in [4.78, 5) is 15.9. The molecule has 146 valence electrons. The third-order valence-corrected chi connectivity index (χ3v) is 7.25. The van der Waals surface area contributed by atoms with Crippen LogP contribution in [0.3, 0.4) is 0 Å². The van der Waals surface area contributed by atoms with E-state index >= 15 is 0 Å². The molecule has 2 fully saturated rings. The first-order chi connectivity index (χ1) is 13.8. The van der Waals surface area contributed by atoms with Gasteiger partial charge >= 0.3 is 0 Å². The minimum atomic E-state index is -0.646. The Labute approximate surface area is 166 Å². The highest BCUT2D eigenvalue weighted by Crippen LogP contribution is 2.54. The summed E-state index contributed by atoms with van der Waals surface area (Å²) in [5, 5.41) is 0. The molecule has 0 aromatic heterocycles. The average Bonchev–Trinajstić information content (AvgIpc) is 3.43. The maximum Gasteiger partial charge on any atom is 0.245 e. The Morgan fingerprint density at radius 3 is 2.71 bits per heavy atom. The van der Waals surface area contributed by atoms with E-state index in [1.54, 1.807) is 0 Å². The van der Waals surface area contributed by atoms with Crippen molar-refractivity contribution in [2.24, 2.45) is 0 Å². The summed E-state index contributed by atoms with van der Waals surface area (Å²) < 4.78 is 12.1. The number of ether oxygens (including phenoxy) is 2. The molecule has 2 saturated heterocycles. The SMILES string of the molecule is O=C1N(C[C@H]2CCCO2)C2=CCCC=C2C12COc1cc3c(cc12)CCCC3. The third-order valence-electron chi connectivity index (χ3n) is 7.25. The maximum absolute atomic E-state index is 13.9. The number of fused-ring (bicyclic) bond motifs is 5. The lowest BCUT2D eigenvalue weighted by Crippen LogP contribution is -2.42. The first-order valence-corrected chi connectivity index (χ1v) is 10.9. The van der Waals surface area contributed by atoms with Crippen LogP contribution in [0, 0.1) is 0 Å². The van der Waals surface area contributed by atoms with E-state index in [0.717, 1.165) is 62.1 Å². The number of hydrogen-bond acceptors (Lipinski definition) is 3. The second kappa shape index (κ2) is 6.21. The van der Waals surface area contributed by atoms with Crippen molar-refractivity contribution in [1.82, 2.24) is 4.90 Å². The van der Waals surface area contributed by atoms with Gasteiger partial charge in [0.05, 0.1) is 12.6 Å². The number of hydrogen-bond donors (Lipinski definition) is 0. The van der Waals surface area contributed by atoms with Gasteiger partial charge in [-0.05, 0) is 74.1 Å². The van der Waals surface area contributed by atoms with Crippen molar-refractivity contribution in [2.75, 3.05) is 19.8 Å². The highest BCUT2D eigenvalue weighted by atomic mass is 16.5. The molecular weight excluding hydrogens is 350 g/mol. The summed E-state index contributed by atoms with van der Waals surface area (Å²) in [5.41, 5.74) is 5.58. The van der Waals surface area contributed by atoms with Crippen LogP contribution in [0.5, 0.6) is 5.75 Å². The first-order valence-electron chi connectivity index (χ1n) is 10.9. The summed E-state index contributed by atoms with van der Waals surface area (Å²) in [6.07, 6.45) is 13.6. The second-order valence-corrected chi connectivity index (χ2v) is 8.85. The molecule has 1 aromatic carbocycles. The van der Waals surface area contributed by atoms with E-state index in [-0.39, 0.29) is 12.0 Å². The van der Waals surface area contributed by atoms with Gasteiger partial charge in [-0.3, -0.25) is 4.79 Å². The Morgan fingerprint density at radius 1 is 1.07 bits per heavy atom. The molecule has 1 spiro atoms. The molecule has 1 unspecified atom stereocenters. The van der Waals surface area contributed by atoms with Gasteiger partial charge < -0.3 is 14.4 Å². The zero-order valence-corrected chi connectivity index (χ0v) is 16.3. The molecule has 0 saturated carbocycles. The number of aryl methyl sites for hydroxylation is 2. The normalized spacial score (nSPS) is 30.6. The summed E-state index contributed by atoms with van der Waals surface area (Å²) in [5.74, 6) is 1.12. The zero-order chi connectivity index (χ0) is 18.7. The lowest BCUT2D eigenvalue weighted by Gasteiger charge is -2.24. The molecule has 28 heavy (non-hydrogen) atoms. The number of benzene rings is 1. The summed E-state index contributed by atoms with van der Waals surface area (Å²) in [6.45, 7) is 1.93. The van der Waals surface area contributed by atoms with Crippen molar-refractivity contribution in [3.8, 4) is 5.75 Å². The van der Waals surface area contributed by atoms with E-state index < -0.39 is 5.41 Å². The van der Waals surface area contributed by atoms with Gasteiger partial charge in [0.2, 0.25) is 5.91 Å². The van der Waals surface area contributed by atoms with E-state index in [2.05, 4.69) is 24.3 Å². The third kappa shape index (κ3) is 2.24. The van der Waals surface area contributed by atoms with Crippen LogP contribution in [-0.4, -0.2) is 36.7 Å². The van der Waals surface area contributed by atoms with Crippen LogP contribution in [0.4, 0.5) is 0 Å². The number of likely N-dealkylation sites (tertiary alicyclic amines) is 1. The monoisotopic (exact) mass is 377 g/mol. The molecule has 4 heteroatoms. The van der Waals surface area contributed by atoms with Crippen LogP contribution in [0.25, 0.3) is 0 Å². The molecule has 1 amide bonds. The minimum absolute atomic E-state index is 0.161. The largest absolute Gasteiger partial charge is 0.491 e. The van der Waals surface area contributed by atoms with Crippen molar-refractivity contribution >= 4 is 5.91 Å². The van der Waals surface area contributed by atoms with Crippen LogP contribution in [-0.2, 0) is 27.8 Å². The van der Waals surface area contributed by atoms with Crippen LogP contribution < -0.4 is 4.74 Å². The number of nitrogens with zero attached hydrogens (tertiary/aromatic N) is 1. The lowest BCUT2D eigenvalue weighted by molar-refractivity contribution is -0.132. The molecule has 1 aromatic rings. The quantitative estimate of drug-likeness (QED) is 0.786. The molecule has 5 aliphatic rings. The lowest BCUT2D eigenvalue weighted by atomic mass is 9.73. The highest BCUT2D eigenvalue weighted by molar-refractivity contribution is 6.01. The summed E-state index contributed by atoms with van der Waals surface area (Å²) >= 11 is 0. The molecule has 0 bridgehead atoms. The van der Waals surface area contributed by atoms with Gasteiger partial charge in [-0.1, -0.05) is 18.2 Å². The van der Waals surface area contributed by atoms with Crippen molar-refractivity contribution in [3.63, 3.8) is 0 Å². The van der Waals surface area contributed by atoms with Gasteiger partial charge in [-0.25, -0.2) is 0 Å². The maximum atomic E-state index is 13.9. The Bertz CT molecular complexity index is 909. The molecule has 6 rings (SSSR count). The number of carbonyl (C=O) groups is 1. The van der Waals surface area contributed by atoms with E-state index in [0.29, 0.717) is 13.2 Å². The number of allylic oxidation sites excluding steroid dienone is 3. The fraction of sp³-hybridized carbons (Fsp3) is 0.542. The average molecular weight is 377 g/mol. The first kappa shape index (κ1) is 16.8. The molecule has 0 N–H and O–H groups in total. The molecule has 2 aliphatic carbocycles.